The van der Waals surface area contributed by atoms with Crippen molar-refractivity contribution in [2.75, 3.05) is 39.3 Å². The molecule has 0 radical (unpaired) electrons. The minimum Gasteiger partial charge on any atom is -0.317 e. The zero-order valence-corrected chi connectivity index (χ0v) is 13.8. The second-order valence-corrected chi connectivity index (χ2v) is 8.30. The van der Waals surface area contributed by atoms with Crippen molar-refractivity contribution in [1.29, 1.82) is 0 Å². The summed E-state index contributed by atoms with van der Waals surface area (Å²) in [4.78, 5) is 5.68. The molecule has 0 aromatic heterocycles. The Labute approximate surface area is 130 Å². The first kappa shape index (κ1) is 14.5. The lowest BCUT2D eigenvalue weighted by atomic mass is 9.97. The van der Waals surface area contributed by atoms with Crippen LogP contribution in [0, 0.1) is 17.8 Å². The molecule has 2 unspecified atom stereocenters. The third-order valence-electron chi connectivity index (χ3n) is 6.86. The summed E-state index contributed by atoms with van der Waals surface area (Å²) in [6.45, 7) is 10.5. The average molecular weight is 291 g/mol. The molecule has 4 fully saturated rings. The van der Waals surface area contributed by atoms with Crippen LogP contribution in [-0.2, 0) is 0 Å². The SMILES string of the molecule is CC1CC2CN(C3CCN(C4CCNCC4)CC3)CC2C1. The van der Waals surface area contributed by atoms with Gasteiger partial charge in [-0.05, 0) is 82.5 Å². The van der Waals surface area contributed by atoms with Crippen LogP contribution in [0.3, 0.4) is 0 Å². The van der Waals surface area contributed by atoms with E-state index in [1.54, 1.807) is 0 Å². The zero-order chi connectivity index (χ0) is 14.2. The van der Waals surface area contributed by atoms with Crippen molar-refractivity contribution in [3.63, 3.8) is 0 Å². The summed E-state index contributed by atoms with van der Waals surface area (Å²) in [5, 5.41) is 3.50. The molecule has 4 rings (SSSR count). The van der Waals surface area contributed by atoms with Crippen molar-refractivity contribution < 1.29 is 0 Å². The predicted molar refractivity (Wildman–Crippen MR) is 87.4 cm³/mol. The number of fused-ring (bicyclic) bond motifs is 1. The molecule has 3 heteroatoms. The van der Waals surface area contributed by atoms with Crippen LogP contribution in [-0.4, -0.2) is 61.2 Å². The summed E-state index contributed by atoms with van der Waals surface area (Å²) in [6.07, 6.45) is 8.62. The molecule has 2 atom stereocenters. The molecule has 21 heavy (non-hydrogen) atoms. The fourth-order valence-corrected chi connectivity index (χ4v) is 5.73. The molecule has 0 aromatic rings. The normalized spacial score (nSPS) is 40.7. The molecule has 3 nitrogen and oxygen atoms in total. The summed E-state index contributed by atoms with van der Waals surface area (Å²) < 4.78 is 0. The van der Waals surface area contributed by atoms with Crippen LogP contribution < -0.4 is 5.32 Å². The minimum atomic E-state index is 0.881. The maximum Gasteiger partial charge on any atom is 0.0120 e. The number of likely N-dealkylation sites (tertiary alicyclic amines) is 2. The van der Waals surface area contributed by atoms with Gasteiger partial charge >= 0.3 is 0 Å². The van der Waals surface area contributed by atoms with E-state index >= 15 is 0 Å². The highest BCUT2D eigenvalue weighted by Crippen LogP contribution is 2.42. The largest absolute Gasteiger partial charge is 0.317 e. The van der Waals surface area contributed by atoms with Gasteiger partial charge < -0.3 is 10.2 Å². The van der Waals surface area contributed by atoms with Crippen LogP contribution in [0.5, 0.6) is 0 Å². The van der Waals surface area contributed by atoms with Crippen molar-refractivity contribution >= 4 is 0 Å². The van der Waals surface area contributed by atoms with Gasteiger partial charge in [-0.25, -0.2) is 0 Å². The lowest BCUT2D eigenvalue weighted by Crippen LogP contribution is -2.50. The standard InChI is InChI=1S/C18H33N3/c1-14-10-15-12-21(13-16(15)11-14)18-4-8-20(9-5-18)17-2-6-19-7-3-17/h14-19H,2-13H2,1H3. The number of rotatable bonds is 2. The van der Waals surface area contributed by atoms with Crippen LogP contribution in [0.1, 0.15) is 45.4 Å². The van der Waals surface area contributed by atoms with Gasteiger partial charge in [0.2, 0.25) is 0 Å². The van der Waals surface area contributed by atoms with E-state index in [4.69, 9.17) is 0 Å². The number of nitrogens with one attached hydrogen (secondary N) is 1. The maximum absolute atomic E-state index is 3.50. The molecule has 0 spiro atoms. The van der Waals surface area contributed by atoms with E-state index < -0.39 is 0 Å². The van der Waals surface area contributed by atoms with Crippen LogP contribution in [0.4, 0.5) is 0 Å². The van der Waals surface area contributed by atoms with Crippen molar-refractivity contribution in [3.05, 3.63) is 0 Å². The predicted octanol–water partition coefficient (Wildman–Crippen LogP) is 2.18. The van der Waals surface area contributed by atoms with Gasteiger partial charge in [-0.1, -0.05) is 6.92 Å². The molecule has 0 bridgehead atoms. The van der Waals surface area contributed by atoms with Crippen molar-refractivity contribution in [3.8, 4) is 0 Å². The van der Waals surface area contributed by atoms with Crippen molar-refractivity contribution in [1.82, 2.24) is 15.1 Å². The molecular weight excluding hydrogens is 258 g/mol. The van der Waals surface area contributed by atoms with Gasteiger partial charge in [-0.2, -0.15) is 0 Å². The third kappa shape index (κ3) is 3.02. The third-order valence-corrected chi connectivity index (χ3v) is 6.86. The van der Waals surface area contributed by atoms with Gasteiger partial charge in [-0.15, -0.1) is 0 Å². The highest BCUT2D eigenvalue weighted by molar-refractivity contribution is 4.95. The molecule has 0 aromatic carbocycles. The van der Waals surface area contributed by atoms with Gasteiger partial charge in [0.05, 0.1) is 0 Å². The Morgan fingerprint density at radius 2 is 1.33 bits per heavy atom. The van der Waals surface area contributed by atoms with Gasteiger partial charge in [0, 0.05) is 25.2 Å². The molecule has 1 saturated carbocycles. The average Bonchev–Trinajstić information content (AvgIpc) is 3.06. The Balaban J connectivity index is 1.26. The van der Waals surface area contributed by atoms with E-state index in [1.807, 2.05) is 0 Å². The highest BCUT2D eigenvalue weighted by Gasteiger charge is 2.41. The van der Waals surface area contributed by atoms with Crippen LogP contribution in [0.2, 0.25) is 0 Å². The quantitative estimate of drug-likeness (QED) is 0.841. The molecule has 3 aliphatic heterocycles. The monoisotopic (exact) mass is 291 g/mol. The summed E-state index contributed by atoms with van der Waals surface area (Å²) in [5.74, 6) is 3.09. The lowest BCUT2D eigenvalue weighted by Gasteiger charge is -2.42. The van der Waals surface area contributed by atoms with Crippen LogP contribution in [0.25, 0.3) is 0 Å². The summed E-state index contributed by atoms with van der Waals surface area (Å²) in [6, 6.07) is 1.79. The Hall–Kier alpha value is -0.120. The molecule has 1 aliphatic carbocycles. The zero-order valence-electron chi connectivity index (χ0n) is 13.8. The Morgan fingerprint density at radius 3 is 1.95 bits per heavy atom. The molecule has 3 heterocycles. The second kappa shape index (κ2) is 6.17. The Morgan fingerprint density at radius 1 is 0.762 bits per heavy atom. The Bertz CT molecular complexity index is 330. The summed E-state index contributed by atoms with van der Waals surface area (Å²) >= 11 is 0. The first-order valence-electron chi connectivity index (χ1n) is 9.48. The fraction of sp³-hybridized carbons (Fsp3) is 1.00. The molecular formula is C18H33N3. The first-order valence-corrected chi connectivity index (χ1v) is 9.48. The van der Waals surface area contributed by atoms with Gasteiger partial charge in [0.15, 0.2) is 0 Å². The number of hydrogen-bond donors (Lipinski definition) is 1. The van der Waals surface area contributed by atoms with Gasteiger partial charge in [0.1, 0.15) is 0 Å². The van der Waals surface area contributed by atoms with E-state index in [-0.39, 0.29) is 0 Å². The van der Waals surface area contributed by atoms with Crippen molar-refractivity contribution in [2.45, 2.75) is 57.5 Å². The Kier molecular flexibility index (Phi) is 4.25. The van der Waals surface area contributed by atoms with E-state index in [0.29, 0.717) is 0 Å². The van der Waals surface area contributed by atoms with Gasteiger partial charge in [0.25, 0.3) is 0 Å². The van der Waals surface area contributed by atoms with E-state index in [9.17, 15) is 0 Å². The summed E-state index contributed by atoms with van der Waals surface area (Å²) in [5.41, 5.74) is 0. The molecule has 120 valence electrons. The van der Waals surface area contributed by atoms with E-state index in [2.05, 4.69) is 22.0 Å². The minimum absolute atomic E-state index is 0.881. The van der Waals surface area contributed by atoms with Crippen LogP contribution in [0.15, 0.2) is 0 Å². The fourth-order valence-electron chi connectivity index (χ4n) is 5.73. The topological polar surface area (TPSA) is 18.5 Å². The lowest BCUT2D eigenvalue weighted by molar-refractivity contribution is 0.0792. The van der Waals surface area contributed by atoms with Crippen LogP contribution >= 0.6 is 0 Å². The molecule has 4 aliphatic rings. The highest BCUT2D eigenvalue weighted by atomic mass is 15.2. The van der Waals surface area contributed by atoms with E-state index in [0.717, 1.165) is 29.8 Å². The number of hydrogen-bond acceptors (Lipinski definition) is 3. The molecule has 1 N–H and O–H groups in total. The molecule has 3 saturated heterocycles. The van der Waals surface area contributed by atoms with Gasteiger partial charge in [-0.3, -0.25) is 4.90 Å². The second-order valence-electron chi connectivity index (χ2n) is 8.30. The smallest absolute Gasteiger partial charge is 0.0120 e. The number of piperidine rings is 2. The first-order chi connectivity index (χ1) is 10.3. The molecule has 0 amide bonds. The summed E-state index contributed by atoms with van der Waals surface area (Å²) in [7, 11) is 0. The van der Waals surface area contributed by atoms with Crippen molar-refractivity contribution in [2.24, 2.45) is 17.8 Å². The maximum atomic E-state index is 3.50. The van der Waals surface area contributed by atoms with E-state index in [1.165, 1.54) is 77.8 Å². The number of nitrogens with zero attached hydrogens (tertiary/aromatic N) is 2.